The van der Waals surface area contributed by atoms with Gasteiger partial charge in [-0.25, -0.2) is 9.97 Å². The summed E-state index contributed by atoms with van der Waals surface area (Å²) in [6.45, 7) is 6.50. The molecule has 3 rings (SSSR count). The molecule has 2 aliphatic rings. The summed E-state index contributed by atoms with van der Waals surface area (Å²) in [6.07, 6.45) is 1.12. The molecule has 2 unspecified atom stereocenters. The number of nitrogens with zero attached hydrogens (tertiary/aromatic N) is 4. The van der Waals surface area contributed by atoms with Crippen LogP contribution in [-0.2, 0) is 5.92 Å². The Morgan fingerprint density at radius 3 is 2.75 bits per heavy atom. The minimum Gasteiger partial charge on any atom is -0.351 e. The number of fused-ring (bicyclic) bond motifs is 1. The predicted octanol–water partition coefficient (Wildman–Crippen LogP) is 2.38. The third-order valence-electron chi connectivity index (χ3n) is 4.20. The number of halogens is 2. The van der Waals surface area contributed by atoms with Crippen molar-refractivity contribution in [2.75, 3.05) is 24.5 Å². The maximum Gasteiger partial charge on any atom is 0.290 e. The molecule has 20 heavy (non-hydrogen) atoms. The van der Waals surface area contributed by atoms with Crippen LogP contribution in [0.5, 0.6) is 0 Å². The number of rotatable bonds is 1. The quantitative estimate of drug-likeness (QED) is 0.745. The molecular formula is C13H19F2N4P. The van der Waals surface area contributed by atoms with Crippen molar-refractivity contribution < 1.29 is 8.78 Å². The van der Waals surface area contributed by atoms with Crippen LogP contribution in [0.2, 0.25) is 0 Å². The standard InChI is InChI=1S/C13H19F2N4P/c1-8-5-13(14,15)11-10(8)12(17-7-16-11)19-4-3-18(20)6-9(19)2/h7-9H,3-6,20H2,1-2H3/t8-,9?/m1/s1. The first-order valence-corrected chi connectivity index (χ1v) is 7.41. The van der Waals surface area contributed by atoms with E-state index in [4.69, 9.17) is 0 Å². The normalized spacial score (nSPS) is 29.6. The lowest BCUT2D eigenvalue weighted by molar-refractivity contribution is -0.00976. The van der Waals surface area contributed by atoms with Gasteiger partial charge >= 0.3 is 0 Å². The Hall–Kier alpha value is -0.870. The van der Waals surface area contributed by atoms with Gasteiger partial charge in [-0.2, -0.15) is 8.78 Å². The molecule has 4 nitrogen and oxygen atoms in total. The lowest BCUT2D eigenvalue weighted by atomic mass is 10.0. The summed E-state index contributed by atoms with van der Waals surface area (Å²) in [5.74, 6) is -2.32. The fourth-order valence-corrected chi connectivity index (χ4v) is 3.66. The van der Waals surface area contributed by atoms with Crippen molar-refractivity contribution in [3.05, 3.63) is 17.6 Å². The number of hydrogen-bond acceptors (Lipinski definition) is 4. The molecular weight excluding hydrogens is 281 g/mol. The molecule has 1 fully saturated rings. The highest BCUT2D eigenvalue weighted by molar-refractivity contribution is 7.13. The molecule has 1 saturated heterocycles. The van der Waals surface area contributed by atoms with Crippen LogP contribution in [-0.4, -0.2) is 40.3 Å². The molecule has 0 N–H and O–H groups in total. The second kappa shape index (κ2) is 4.85. The molecule has 3 atom stereocenters. The van der Waals surface area contributed by atoms with E-state index < -0.39 is 5.92 Å². The van der Waals surface area contributed by atoms with Gasteiger partial charge < -0.3 is 4.90 Å². The van der Waals surface area contributed by atoms with Crippen LogP contribution in [0.4, 0.5) is 14.6 Å². The average molecular weight is 300 g/mol. The van der Waals surface area contributed by atoms with Gasteiger partial charge in [0.1, 0.15) is 17.8 Å². The van der Waals surface area contributed by atoms with E-state index in [1.165, 1.54) is 6.33 Å². The van der Waals surface area contributed by atoms with E-state index in [0.717, 1.165) is 19.6 Å². The lowest BCUT2D eigenvalue weighted by Crippen LogP contribution is -2.49. The van der Waals surface area contributed by atoms with Gasteiger partial charge in [-0.05, 0) is 12.8 Å². The highest BCUT2D eigenvalue weighted by atomic mass is 31.0. The Morgan fingerprint density at radius 1 is 1.30 bits per heavy atom. The Morgan fingerprint density at radius 2 is 2.05 bits per heavy atom. The summed E-state index contributed by atoms with van der Waals surface area (Å²) < 4.78 is 30.1. The number of anilines is 1. The number of piperazine rings is 1. The van der Waals surface area contributed by atoms with Gasteiger partial charge in [0.05, 0.1) is 0 Å². The molecule has 1 aliphatic heterocycles. The largest absolute Gasteiger partial charge is 0.351 e. The van der Waals surface area contributed by atoms with Crippen LogP contribution in [0, 0.1) is 0 Å². The Labute approximate surface area is 119 Å². The average Bonchev–Trinajstić information content (AvgIpc) is 2.60. The second-order valence-electron chi connectivity index (χ2n) is 5.81. The van der Waals surface area contributed by atoms with Crippen molar-refractivity contribution in [1.29, 1.82) is 0 Å². The van der Waals surface area contributed by atoms with Gasteiger partial charge in [0.25, 0.3) is 5.92 Å². The summed E-state index contributed by atoms with van der Waals surface area (Å²) >= 11 is 0. The minimum absolute atomic E-state index is 0.0736. The van der Waals surface area contributed by atoms with Crippen LogP contribution in [0.15, 0.2) is 6.33 Å². The van der Waals surface area contributed by atoms with Gasteiger partial charge in [0.2, 0.25) is 0 Å². The number of alkyl halides is 2. The molecule has 110 valence electrons. The third-order valence-corrected chi connectivity index (χ3v) is 4.66. The zero-order valence-electron chi connectivity index (χ0n) is 11.7. The highest BCUT2D eigenvalue weighted by Gasteiger charge is 2.47. The monoisotopic (exact) mass is 300 g/mol. The van der Waals surface area contributed by atoms with Crippen molar-refractivity contribution in [1.82, 2.24) is 14.6 Å². The molecule has 0 radical (unpaired) electrons. The Kier molecular flexibility index (Phi) is 3.41. The zero-order chi connectivity index (χ0) is 14.5. The van der Waals surface area contributed by atoms with Crippen LogP contribution in [0.1, 0.15) is 37.4 Å². The van der Waals surface area contributed by atoms with Gasteiger partial charge in [-0.1, -0.05) is 16.3 Å². The Balaban J connectivity index is 2.02. The minimum atomic E-state index is -2.82. The molecule has 1 aromatic rings. The first kappa shape index (κ1) is 14.1. The molecule has 2 heterocycles. The number of hydrogen-bond donors (Lipinski definition) is 0. The fourth-order valence-electron chi connectivity index (χ4n) is 3.24. The predicted molar refractivity (Wildman–Crippen MR) is 77.0 cm³/mol. The maximum atomic E-state index is 14.0. The summed E-state index contributed by atoms with van der Waals surface area (Å²) in [6, 6.07) is 0.252. The highest BCUT2D eigenvalue weighted by Crippen LogP contribution is 2.49. The van der Waals surface area contributed by atoms with E-state index >= 15 is 0 Å². The SMILES string of the molecule is CC1CN(P)CCN1c1ncnc2c1[C@H](C)CC2(F)F. The Bertz CT molecular complexity index is 525. The van der Waals surface area contributed by atoms with Gasteiger partial charge in [-0.3, -0.25) is 4.67 Å². The summed E-state index contributed by atoms with van der Waals surface area (Å²) in [5, 5.41) is 0. The molecule has 0 aromatic carbocycles. The zero-order valence-corrected chi connectivity index (χ0v) is 12.8. The van der Waals surface area contributed by atoms with Crippen molar-refractivity contribution in [2.45, 2.75) is 38.2 Å². The molecule has 0 bridgehead atoms. The fraction of sp³-hybridized carbons (Fsp3) is 0.692. The summed E-state index contributed by atoms with van der Waals surface area (Å²) in [5.41, 5.74) is 0.567. The van der Waals surface area contributed by atoms with Gasteiger partial charge in [0, 0.05) is 37.7 Å². The summed E-state index contributed by atoms with van der Waals surface area (Å²) in [4.78, 5) is 10.3. The first-order chi connectivity index (χ1) is 9.40. The molecule has 0 saturated carbocycles. The maximum absolute atomic E-state index is 14.0. The smallest absolute Gasteiger partial charge is 0.290 e. The first-order valence-electron chi connectivity index (χ1n) is 6.89. The van der Waals surface area contributed by atoms with E-state index in [0.29, 0.717) is 11.4 Å². The van der Waals surface area contributed by atoms with Crippen LogP contribution in [0.25, 0.3) is 0 Å². The van der Waals surface area contributed by atoms with Crippen LogP contribution < -0.4 is 4.90 Å². The van der Waals surface area contributed by atoms with Gasteiger partial charge in [0.15, 0.2) is 0 Å². The third kappa shape index (κ3) is 2.19. The van der Waals surface area contributed by atoms with Crippen molar-refractivity contribution in [3.63, 3.8) is 0 Å². The molecule has 1 aromatic heterocycles. The number of aromatic nitrogens is 2. The van der Waals surface area contributed by atoms with E-state index in [2.05, 4.69) is 35.9 Å². The van der Waals surface area contributed by atoms with Crippen LogP contribution in [0.3, 0.4) is 0 Å². The molecule has 7 heteroatoms. The molecule has 0 spiro atoms. The van der Waals surface area contributed by atoms with Crippen LogP contribution >= 0.6 is 9.39 Å². The summed E-state index contributed by atoms with van der Waals surface area (Å²) in [7, 11) is 2.70. The van der Waals surface area contributed by atoms with E-state index in [-0.39, 0.29) is 24.1 Å². The molecule has 0 amide bonds. The molecule has 1 aliphatic carbocycles. The van der Waals surface area contributed by atoms with E-state index in [1.54, 1.807) is 0 Å². The van der Waals surface area contributed by atoms with Gasteiger partial charge in [-0.15, -0.1) is 0 Å². The van der Waals surface area contributed by atoms with Crippen molar-refractivity contribution in [2.24, 2.45) is 0 Å². The van der Waals surface area contributed by atoms with E-state index in [9.17, 15) is 8.78 Å². The van der Waals surface area contributed by atoms with Crippen molar-refractivity contribution >= 4 is 15.2 Å². The topological polar surface area (TPSA) is 32.3 Å². The second-order valence-corrected chi connectivity index (χ2v) is 6.54. The van der Waals surface area contributed by atoms with E-state index in [1.807, 2.05) is 6.92 Å². The van der Waals surface area contributed by atoms with Crippen molar-refractivity contribution in [3.8, 4) is 0 Å². The lowest BCUT2D eigenvalue weighted by Gasteiger charge is -2.39.